The van der Waals surface area contributed by atoms with Gasteiger partial charge < -0.3 is 29.7 Å². The Morgan fingerprint density at radius 1 is 1.06 bits per heavy atom. The Bertz CT molecular complexity index is 1060. The van der Waals surface area contributed by atoms with Gasteiger partial charge in [-0.15, -0.1) is 0 Å². The molecule has 2 aromatic carbocycles. The van der Waals surface area contributed by atoms with Gasteiger partial charge in [-0.25, -0.2) is 0 Å². The summed E-state index contributed by atoms with van der Waals surface area (Å²) in [4.78, 5) is 27.3. The molecule has 8 nitrogen and oxygen atoms in total. The fourth-order valence-electron chi connectivity index (χ4n) is 4.38. The molecule has 2 heterocycles. The highest BCUT2D eigenvalue weighted by molar-refractivity contribution is 6.33. The van der Waals surface area contributed by atoms with Crippen LogP contribution in [0.25, 0.3) is 0 Å². The van der Waals surface area contributed by atoms with Crippen LogP contribution in [0.4, 0.5) is 5.69 Å². The summed E-state index contributed by atoms with van der Waals surface area (Å²) in [5, 5.41) is 6.21. The van der Waals surface area contributed by atoms with E-state index in [-0.39, 0.29) is 31.5 Å². The number of hydrogen-bond acceptors (Lipinski definition) is 6. The normalized spacial score (nSPS) is 25.0. The summed E-state index contributed by atoms with van der Waals surface area (Å²) in [7, 11) is 3.89. The molecule has 34 heavy (non-hydrogen) atoms. The van der Waals surface area contributed by atoms with Gasteiger partial charge in [0.2, 0.25) is 0 Å². The molecule has 3 atom stereocenters. The second kappa shape index (κ2) is 9.54. The molecule has 0 spiro atoms. The number of ether oxygens (including phenoxy) is 3. The van der Waals surface area contributed by atoms with E-state index in [0.29, 0.717) is 16.1 Å². The first kappa shape index (κ1) is 24.5. The summed E-state index contributed by atoms with van der Waals surface area (Å²) in [6.45, 7) is 4.32. The quantitative estimate of drug-likeness (QED) is 0.624. The molecule has 2 aromatic rings. The summed E-state index contributed by atoms with van der Waals surface area (Å²) in [6, 6.07) is 14.2. The van der Waals surface area contributed by atoms with E-state index in [2.05, 4.69) is 10.6 Å². The van der Waals surface area contributed by atoms with Gasteiger partial charge in [-0.3, -0.25) is 9.59 Å². The average molecular weight is 488 g/mol. The number of carbonyl (C=O) groups is 2. The van der Waals surface area contributed by atoms with Crippen LogP contribution in [0.15, 0.2) is 48.5 Å². The number of rotatable bonds is 7. The van der Waals surface area contributed by atoms with Crippen molar-refractivity contribution in [1.29, 1.82) is 0 Å². The van der Waals surface area contributed by atoms with E-state index >= 15 is 0 Å². The van der Waals surface area contributed by atoms with Crippen LogP contribution in [-0.2, 0) is 14.2 Å². The van der Waals surface area contributed by atoms with Crippen LogP contribution in [0.2, 0.25) is 5.02 Å². The first-order valence-corrected chi connectivity index (χ1v) is 11.6. The molecule has 2 saturated heterocycles. The number of carbonyl (C=O) groups excluding carboxylic acids is 2. The van der Waals surface area contributed by atoms with E-state index < -0.39 is 23.6 Å². The van der Waals surface area contributed by atoms with Crippen molar-refractivity contribution in [2.24, 2.45) is 0 Å². The third-order valence-corrected chi connectivity index (χ3v) is 6.36. The van der Waals surface area contributed by atoms with E-state index in [1.54, 1.807) is 36.4 Å². The minimum absolute atomic E-state index is 0.206. The number of halogens is 1. The van der Waals surface area contributed by atoms with Crippen molar-refractivity contribution in [1.82, 2.24) is 10.6 Å². The van der Waals surface area contributed by atoms with Crippen molar-refractivity contribution in [3.63, 3.8) is 0 Å². The van der Waals surface area contributed by atoms with Crippen LogP contribution in [0.5, 0.6) is 0 Å². The largest absolute Gasteiger partial charge is 0.378 e. The van der Waals surface area contributed by atoms with Crippen molar-refractivity contribution in [2.45, 2.75) is 37.4 Å². The number of anilines is 1. The molecule has 2 fully saturated rings. The fraction of sp³-hybridized carbons (Fsp3) is 0.440. The molecule has 2 aliphatic rings. The lowest BCUT2D eigenvalue weighted by Crippen LogP contribution is -2.52. The standard InChI is InChI=1S/C25H30ClN3O5/c1-24(2)33-21-20(13-27-23(31)18-7-5-6-8-19(18)26)32-15-25(21,34-24)14-28-22(30)16-9-11-17(12-10-16)29(3)4/h5-12,20-21H,13-15H2,1-4H3,(H,27,31)(H,28,30)/t20-,21-,25+/m1/s1. The molecule has 0 aromatic heterocycles. The number of benzene rings is 2. The smallest absolute Gasteiger partial charge is 0.252 e. The highest BCUT2D eigenvalue weighted by Gasteiger charge is 2.61. The summed E-state index contributed by atoms with van der Waals surface area (Å²) < 4.78 is 18.3. The SMILES string of the molecule is CN(C)c1ccc(C(=O)NC[C@]23CO[C@H](CNC(=O)c4ccccc4Cl)[C@H]2OC(C)(C)O3)cc1. The van der Waals surface area contributed by atoms with Crippen molar-refractivity contribution < 1.29 is 23.8 Å². The zero-order chi connectivity index (χ0) is 24.5. The first-order valence-electron chi connectivity index (χ1n) is 11.2. The Kier molecular flexibility index (Phi) is 6.87. The number of nitrogens with one attached hydrogen (secondary N) is 2. The van der Waals surface area contributed by atoms with Gasteiger partial charge >= 0.3 is 0 Å². The van der Waals surface area contributed by atoms with Gasteiger partial charge in [0, 0.05) is 31.9 Å². The number of fused-ring (bicyclic) bond motifs is 1. The van der Waals surface area contributed by atoms with Gasteiger partial charge in [-0.1, -0.05) is 23.7 Å². The van der Waals surface area contributed by atoms with E-state index in [4.69, 9.17) is 25.8 Å². The summed E-state index contributed by atoms with van der Waals surface area (Å²) in [6.07, 6.45) is -0.907. The lowest BCUT2D eigenvalue weighted by atomic mass is 9.96. The summed E-state index contributed by atoms with van der Waals surface area (Å²) >= 11 is 6.13. The van der Waals surface area contributed by atoms with Crippen LogP contribution < -0.4 is 15.5 Å². The van der Waals surface area contributed by atoms with Crippen LogP contribution in [0.1, 0.15) is 34.6 Å². The molecule has 2 N–H and O–H groups in total. The zero-order valence-corrected chi connectivity index (χ0v) is 20.5. The number of amides is 2. The molecule has 0 saturated carbocycles. The Morgan fingerprint density at radius 3 is 2.44 bits per heavy atom. The molecule has 4 rings (SSSR count). The Morgan fingerprint density at radius 2 is 1.76 bits per heavy atom. The molecular weight excluding hydrogens is 458 g/mol. The molecular formula is C25H30ClN3O5. The van der Waals surface area contributed by atoms with Gasteiger partial charge in [0.25, 0.3) is 11.8 Å². The highest BCUT2D eigenvalue weighted by atomic mass is 35.5. The third kappa shape index (κ3) is 5.05. The van der Waals surface area contributed by atoms with Crippen LogP contribution in [0, 0.1) is 0 Å². The van der Waals surface area contributed by atoms with Crippen molar-refractivity contribution in [3.8, 4) is 0 Å². The topological polar surface area (TPSA) is 89.1 Å². The maximum absolute atomic E-state index is 12.8. The van der Waals surface area contributed by atoms with Crippen LogP contribution >= 0.6 is 11.6 Å². The van der Waals surface area contributed by atoms with Gasteiger partial charge in [0.1, 0.15) is 17.8 Å². The second-order valence-corrected chi connectivity index (χ2v) is 9.68. The molecule has 2 amide bonds. The molecule has 0 aliphatic carbocycles. The van der Waals surface area contributed by atoms with Gasteiger partial charge in [0.15, 0.2) is 5.79 Å². The predicted octanol–water partition coefficient (Wildman–Crippen LogP) is 2.85. The molecule has 2 aliphatic heterocycles. The van der Waals surface area contributed by atoms with Crippen molar-refractivity contribution >= 4 is 29.1 Å². The Balaban J connectivity index is 1.41. The van der Waals surface area contributed by atoms with E-state index in [0.717, 1.165) is 5.69 Å². The third-order valence-electron chi connectivity index (χ3n) is 6.03. The Labute approximate surface area is 204 Å². The lowest BCUT2D eigenvalue weighted by Gasteiger charge is -2.27. The molecule has 182 valence electrons. The maximum Gasteiger partial charge on any atom is 0.252 e. The van der Waals surface area contributed by atoms with E-state index in [1.165, 1.54) is 0 Å². The zero-order valence-electron chi connectivity index (χ0n) is 19.8. The van der Waals surface area contributed by atoms with Crippen molar-refractivity contribution in [2.75, 3.05) is 38.7 Å². The van der Waals surface area contributed by atoms with Crippen LogP contribution in [-0.4, -0.2) is 69.2 Å². The van der Waals surface area contributed by atoms with E-state index in [1.807, 2.05) is 45.0 Å². The number of nitrogens with zero attached hydrogens (tertiary/aromatic N) is 1. The lowest BCUT2D eigenvalue weighted by molar-refractivity contribution is -0.188. The highest BCUT2D eigenvalue weighted by Crippen LogP contribution is 2.43. The van der Waals surface area contributed by atoms with E-state index in [9.17, 15) is 9.59 Å². The first-order chi connectivity index (χ1) is 16.1. The van der Waals surface area contributed by atoms with Crippen LogP contribution in [0.3, 0.4) is 0 Å². The predicted molar refractivity (Wildman–Crippen MR) is 129 cm³/mol. The molecule has 0 bridgehead atoms. The maximum atomic E-state index is 12.8. The van der Waals surface area contributed by atoms with Gasteiger partial charge in [-0.05, 0) is 50.2 Å². The van der Waals surface area contributed by atoms with Gasteiger partial charge in [0.05, 0.1) is 23.7 Å². The molecule has 0 unspecified atom stereocenters. The number of hydrogen-bond donors (Lipinski definition) is 2. The van der Waals surface area contributed by atoms with Gasteiger partial charge in [-0.2, -0.15) is 0 Å². The minimum atomic E-state index is -0.859. The Hall–Kier alpha value is -2.65. The molecule has 0 radical (unpaired) electrons. The second-order valence-electron chi connectivity index (χ2n) is 9.27. The molecule has 9 heteroatoms. The monoisotopic (exact) mass is 487 g/mol. The van der Waals surface area contributed by atoms with Crippen molar-refractivity contribution in [3.05, 3.63) is 64.7 Å². The summed E-state index contributed by atoms with van der Waals surface area (Å²) in [5.41, 5.74) is 1.10. The summed E-state index contributed by atoms with van der Waals surface area (Å²) in [5.74, 6) is -1.35. The minimum Gasteiger partial charge on any atom is -0.378 e. The fourth-order valence-corrected chi connectivity index (χ4v) is 4.60. The average Bonchev–Trinajstić information content (AvgIpc) is 3.26.